The largest absolute Gasteiger partial charge is 0.350 e. The van der Waals surface area contributed by atoms with Crippen molar-refractivity contribution in [3.05, 3.63) is 92.9 Å². The van der Waals surface area contributed by atoms with Crippen LogP contribution in [-0.2, 0) is 26.2 Å². The van der Waals surface area contributed by atoms with Crippen LogP contribution in [0.3, 0.4) is 0 Å². The van der Waals surface area contributed by atoms with Crippen molar-refractivity contribution >= 4 is 62.3 Å². The molecule has 0 aromatic heterocycles. The van der Waals surface area contributed by atoms with Gasteiger partial charge in [-0.2, -0.15) is 0 Å². The number of anilines is 1. The van der Waals surface area contributed by atoms with Crippen molar-refractivity contribution in [2.75, 3.05) is 10.8 Å². The van der Waals surface area contributed by atoms with Gasteiger partial charge in [0.25, 0.3) is 10.0 Å². The normalized spacial score (nSPS) is 12.5. The summed E-state index contributed by atoms with van der Waals surface area (Å²) in [6, 6.07) is 16.6. The second-order valence-corrected chi connectivity index (χ2v) is 13.6. The fraction of sp³-hybridized carbons (Fsp3) is 0.310. The molecule has 0 saturated heterocycles. The molecule has 0 heterocycles. The fourth-order valence-corrected chi connectivity index (χ4v) is 5.67. The number of halogens is 3. The molecular formula is C29H32Cl3N3O4S. The number of nitrogens with one attached hydrogen (secondary N) is 1. The molecule has 0 aliphatic carbocycles. The second-order valence-electron chi connectivity index (χ2n) is 10.5. The first-order valence-electron chi connectivity index (χ1n) is 12.5. The van der Waals surface area contributed by atoms with Crippen LogP contribution in [0.4, 0.5) is 5.69 Å². The van der Waals surface area contributed by atoms with Crippen LogP contribution >= 0.6 is 34.8 Å². The molecule has 3 rings (SSSR count). The van der Waals surface area contributed by atoms with Crippen molar-refractivity contribution in [1.29, 1.82) is 0 Å². The molecule has 1 unspecified atom stereocenters. The van der Waals surface area contributed by atoms with E-state index < -0.39 is 34.1 Å². The second kappa shape index (κ2) is 12.8. The van der Waals surface area contributed by atoms with Gasteiger partial charge in [0.05, 0.1) is 20.6 Å². The number of benzene rings is 3. The summed E-state index contributed by atoms with van der Waals surface area (Å²) in [7, 11) is -4.22. The van der Waals surface area contributed by atoms with Crippen molar-refractivity contribution < 1.29 is 18.0 Å². The molecule has 0 saturated carbocycles. The van der Waals surface area contributed by atoms with Gasteiger partial charge in [-0.3, -0.25) is 13.9 Å². The maximum absolute atomic E-state index is 13.9. The summed E-state index contributed by atoms with van der Waals surface area (Å²) in [5, 5.41) is 3.78. The summed E-state index contributed by atoms with van der Waals surface area (Å²) >= 11 is 18.4. The van der Waals surface area contributed by atoms with E-state index in [0.717, 1.165) is 15.4 Å². The van der Waals surface area contributed by atoms with Crippen LogP contribution in [0.2, 0.25) is 15.1 Å². The van der Waals surface area contributed by atoms with Crippen LogP contribution in [0.25, 0.3) is 0 Å². The number of nitrogens with zero attached hydrogens (tertiary/aromatic N) is 2. The molecule has 0 radical (unpaired) electrons. The molecule has 11 heteroatoms. The highest BCUT2D eigenvalue weighted by Gasteiger charge is 2.33. The van der Waals surface area contributed by atoms with Gasteiger partial charge in [-0.05, 0) is 82.6 Å². The van der Waals surface area contributed by atoms with Crippen LogP contribution in [0, 0.1) is 6.92 Å². The highest BCUT2D eigenvalue weighted by Crippen LogP contribution is 2.31. The van der Waals surface area contributed by atoms with E-state index in [2.05, 4.69) is 5.32 Å². The van der Waals surface area contributed by atoms with E-state index in [-0.39, 0.29) is 33.1 Å². The third-order valence-corrected chi connectivity index (χ3v) is 8.79. The summed E-state index contributed by atoms with van der Waals surface area (Å²) in [6.45, 7) is 8.42. The zero-order valence-electron chi connectivity index (χ0n) is 22.9. The molecule has 3 aromatic rings. The van der Waals surface area contributed by atoms with Crippen molar-refractivity contribution in [1.82, 2.24) is 10.2 Å². The Kier molecular flexibility index (Phi) is 10.2. The SMILES string of the molecule is Cc1ccc(S(=O)(=O)N(CC(=O)N(Cc2ccc(Cl)cc2)C(C)C(=O)NC(C)(C)C)c2ccc(Cl)c(Cl)c2)cc1. The molecule has 214 valence electrons. The molecule has 0 spiro atoms. The first kappa shape index (κ1) is 31.7. The Balaban J connectivity index is 2.06. The molecular weight excluding hydrogens is 593 g/mol. The molecule has 1 N–H and O–H groups in total. The monoisotopic (exact) mass is 623 g/mol. The molecule has 40 heavy (non-hydrogen) atoms. The lowest BCUT2D eigenvalue weighted by molar-refractivity contribution is -0.140. The zero-order chi connectivity index (χ0) is 29.8. The lowest BCUT2D eigenvalue weighted by Crippen LogP contribution is -2.54. The molecule has 1 atom stereocenters. The molecule has 0 bridgehead atoms. The summed E-state index contributed by atoms with van der Waals surface area (Å²) in [5.41, 5.74) is 1.21. The lowest BCUT2D eigenvalue weighted by atomic mass is 10.1. The summed E-state index contributed by atoms with van der Waals surface area (Å²) in [5.74, 6) is -0.967. The van der Waals surface area contributed by atoms with Gasteiger partial charge in [-0.25, -0.2) is 8.42 Å². The van der Waals surface area contributed by atoms with Crippen LogP contribution in [0.5, 0.6) is 0 Å². The fourth-order valence-electron chi connectivity index (χ4n) is 3.85. The Labute approximate surface area is 251 Å². The van der Waals surface area contributed by atoms with Crippen molar-refractivity contribution in [2.24, 2.45) is 0 Å². The van der Waals surface area contributed by atoms with Gasteiger partial charge in [0.1, 0.15) is 12.6 Å². The highest BCUT2D eigenvalue weighted by molar-refractivity contribution is 7.92. The van der Waals surface area contributed by atoms with Gasteiger partial charge in [-0.15, -0.1) is 0 Å². The number of carbonyl (C=O) groups excluding carboxylic acids is 2. The Morgan fingerprint density at radius 2 is 1.50 bits per heavy atom. The van der Waals surface area contributed by atoms with Gasteiger partial charge in [0.15, 0.2) is 0 Å². The lowest BCUT2D eigenvalue weighted by Gasteiger charge is -2.33. The molecule has 7 nitrogen and oxygen atoms in total. The number of hydrogen-bond donors (Lipinski definition) is 1. The minimum atomic E-state index is -4.22. The van der Waals surface area contributed by atoms with E-state index >= 15 is 0 Å². The van der Waals surface area contributed by atoms with Crippen LogP contribution < -0.4 is 9.62 Å². The first-order chi connectivity index (χ1) is 18.6. The summed E-state index contributed by atoms with van der Waals surface area (Å²) in [6.07, 6.45) is 0. The minimum absolute atomic E-state index is 0.000234. The van der Waals surface area contributed by atoms with E-state index in [1.807, 2.05) is 27.7 Å². The molecule has 0 aliphatic rings. The van der Waals surface area contributed by atoms with E-state index in [4.69, 9.17) is 34.8 Å². The predicted octanol–water partition coefficient (Wildman–Crippen LogP) is 6.48. The van der Waals surface area contributed by atoms with E-state index in [0.29, 0.717) is 5.02 Å². The number of aryl methyl sites for hydroxylation is 1. The van der Waals surface area contributed by atoms with Crippen LogP contribution in [0.15, 0.2) is 71.6 Å². The van der Waals surface area contributed by atoms with Gasteiger partial charge in [-0.1, -0.05) is 64.6 Å². The average molecular weight is 625 g/mol. The Hall–Kier alpha value is -2.78. The Bertz CT molecular complexity index is 1470. The summed E-state index contributed by atoms with van der Waals surface area (Å²) < 4.78 is 28.7. The number of amides is 2. The van der Waals surface area contributed by atoms with E-state index in [1.165, 1.54) is 35.2 Å². The minimum Gasteiger partial charge on any atom is -0.350 e. The highest BCUT2D eigenvalue weighted by atomic mass is 35.5. The van der Waals surface area contributed by atoms with E-state index in [1.54, 1.807) is 43.3 Å². The van der Waals surface area contributed by atoms with Gasteiger partial charge >= 0.3 is 0 Å². The maximum Gasteiger partial charge on any atom is 0.264 e. The molecule has 3 aromatic carbocycles. The number of carbonyl (C=O) groups is 2. The molecule has 0 aliphatic heterocycles. The third-order valence-electron chi connectivity index (χ3n) is 6.01. The maximum atomic E-state index is 13.9. The van der Waals surface area contributed by atoms with Crippen molar-refractivity contribution in [3.8, 4) is 0 Å². The van der Waals surface area contributed by atoms with Gasteiger partial charge in [0.2, 0.25) is 11.8 Å². The Morgan fingerprint density at radius 1 is 0.900 bits per heavy atom. The van der Waals surface area contributed by atoms with Gasteiger partial charge < -0.3 is 10.2 Å². The Morgan fingerprint density at radius 3 is 2.05 bits per heavy atom. The molecule has 2 amide bonds. The average Bonchev–Trinajstić information content (AvgIpc) is 2.87. The zero-order valence-corrected chi connectivity index (χ0v) is 26.0. The van der Waals surface area contributed by atoms with E-state index in [9.17, 15) is 18.0 Å². The third kappa shape index (κ3) is 8.13. The van der Waals surface area contributed by atoms with Gasteiger partial charge in [0, 0.05) is 17.1 Å². The number of hydrogen-bond acceptors (Lipinski definition) is 4. The quantitative estimate of drug-likeness (QED) is 0.295. The topological polar surface area (TPSA) is 86.8 Å². The van der Waals surface area contributed by atoms with Crippen molar-refractivity contribution in [2.45, 2.75) is 57.6 Å². The van der Waals surface area contributed by atoms with Crippen LogP contribution in [-0.4, -0.2) is 43.3 Å². The number of sulfonamides is 1. The standard InChI is InChI=1S/C29H32Cl3N3O4S/c1-19-6-13-24(14-7-19)40(38,39)35(23-12-15-25(31)26(32)16-23)18-27(36)34(17-21-8-10-22(30)11-9-21)20(2)28(37)33-29(3,4)5/h6-16,20H,17-18H2,1-5H3,(H,33,37). The number of rotatable bonds is 9. The predicted molar refractivity (Wildman–Crippen MR) is 162 cm³/mol. The molecule has 0 fully saturated rings. The van der Waals surface area contributed by atoms with Crippen LogP contribution in [0.1, 0.15) is 38.8 Å². The smallest absolute Gasteiger partial charge is 0.264 e. The van der Waals surface area contributed by atoms with Crippen molar-refractivity contribution in [3.63, 3.8) is 0 Å². The summed E-state index contributed by atoms with van der Waals surface area (Å²) in [4.78, 5) is 28.4. The first-order valence-corrected chi connectivity index (χ1v) is 15.1.